The third-order valence-electron chi connectivity index (χ3n) is 4.17. The summed E-state index contributed by atoms with van der Waals surface area (Å²) in [6.07, 6.45) is 3.27. The van der Waals surface area contributed by atoms with Crippen molar-refractivity contribution in [2.75, 3.05) is 18.0 Å². The van der Waals surface area contributed by atoms with E-state index in [0.29, 0.717) is 24.3 Å². The lowest BCUT2D eigenvalue weighted by Crippen LogP contribution is -2.45. The molecule has 0 radical (unpaired) electrons. The number of aromatic nitrogens is 1. The number of anilines is 1. The Hall–Kier alpha value is -2.47. The van der Waals surface area contributed by atoms with Crippen LogP contribution in [-0.2, 0) is 11.3 Å². The van der Waals surface area contributed by atoms with Crippen LogP contribution in [0, 0.1) is 5.82 Å². The second-order valence-electron chi connectivity index (χ2n) is 6.37. The Kier molecular flexibility index (Phi) is 5.28. The van der Waals surface area contributed by atoms with Crippen LogP contribution in [0.15, 0.2) is 42.7 Å². The van der Waals surface area contributed by atoms with E-state index in [1.54, 1.807) is 30.6 Å². The molecule has 25 heavy (non-hydrogen) atoms. The van der Waals surface area contributed by atoms with Gasteiger partial charge in [0.05, 0.1) is 17.9 Å². The minimum absolute atomic E-state index is 0.0717. The molecule has 3 rings (SSSR count). The number of rotatable bonds is 4. The van der Waals surface area contributed by atoms with Crippen LogP contribution in [0.1, 0.15) is 29.8 Å². The van der Waals surface area contributed by atoms with Crippen LogP contribution in [0.25, 0.3) is 0 Å². The quantitative estimate of drug-likeness (QED) is 0.927. The van der Waals surface area contributed by atoms with Gasteiger partial charge < -0.3 is 15.0 Å². The minimum Gasteiger partial charge on any atom is -0.372 e. The topological polar surface area (TPSA) is 54.5 Å². The number of hydrogen-bond donors (Lipinski definition) is 1. The van der Waals surface area contributed by atoms with Crippen LogP contribution in [0.5, 0.6) is 0 Å². The number of amides is 1. The van der Waals surface area contributed by atoms with Crippen molar-refractivity contribution in [3.63, 3.8) is 0 Å². The molecule has 2 atom stereocenters. The molecule has 132 valence electrons. The maximum Gasteiger partial charge on any atom is 0.251 e. The molecule has 1 saturated heterocycles. The monoisotopic (exact) mass is 343 g/mol. The van der Waals surface area contributed by atoms with E-state index in [4.69, 9.17) is 4.74 Å². The summed E-state index contributed by atoms with van der Waals surface area (Å²) in [4.78, 5) is 17.9. The van der Waals surface area contributed by atoms with Gasteiger partial charge in [0.1, 0.15) is 5.82 Å². The number of morpholine rings is 1. The van der Waals surface area contributed by atoms with Crippen molar-refractivity contribution in [2.45, 2.75) is 32.6 Å². The molecule has 1 N–H and O–H groups in total. The van der Waals surface area contributed by atoms with Crippen LogP contribution in [0.2, 0.25) is 0 Å². The Balaban J connectivity index is 1.65. The van der Waals surface area contributed by atoms with Crippen molar-refractivity contribution in [3.8, 4) is 0 Å². The molecule has 5 nitrogen and oxygen atoms in total. The Labute approximate surface area is 146 Å². The number of hydrogen-bond acceptors (Lipinski definition) is 4. The number of carbonyl (C=O) groups is 1. The standard InChI is InChI=1S/C19H22FN3O2/c1-13-11-23(12-14(2)25-13)18-4-3-15(9-17(18)20)10-22-19(24)16-5-7-21-8-6-16/h3-9,13-14H,10-12H2,1-2H3,(H,22,24)/t13-,14-/m0/s1. The average molecular weight is 343 g/mol. The highest BCUT2D eigenvalue weighted by Crippen LogP contribution is 2.24. The number of ether oxygens (including phenoxy) is 1. The van der Waals surface area contributed by atoms with Gasteiger partial charge in [-0.05, 0) is 43.7 Å². The highest BCUT2D eigenvalue weighted by Gasteiger charge is 2.24. The molecule has 1 aliphatic heterocycles. The normalized spacial score (nSPS) is 20.4. The predicted molar refractivity (Wildman–Crippen MR) is 94.0 cm³/mol. The second kappa shape index (κ2) is 7.61. The van der Waals surface area contributed by atoms with E-state index in [1.165, 1.54) is 6.07 Å². The summed E-state index contributed by atoms with van der Waals surface area (Å²) in [6, 6.07) is 8.37. The van der Waals surface area contributed by atoms with Gasteiger partial charge in [0.2, 0.25) is 0 Å². The molecule has 0 saturated carbocycles. The number of nitrogens with zero attached hydrogens (tertiary/aromatic N) is 2. The van der Waals surface area contributed by atoms with Gasteiger partial charge in [0.15, 0.2) is 0 Å². The molecule has 2 aromatic rings. The van der Waals surface area contributed by atoms with E-state index in [2.05, 4.69) is 10.3 Å². The Morgan fingerprint density at radius 1 is 1.24 bits per heavy atom. The Morgan fingerprint density at radius 3 is 2.56 bits per heavy atom. The molecule has 0 unspecified atom stereocenters. The first kappa shape index (κ1) is 17.4. The van der Waals surface area contributed by atoms with Gasteiger partial charge in [-0.1, -0.05) is 6.07 Å². The maximum absolute atomic E-state index is 14.5. The zero-order valence-electron chi connectivity index (χ0n) is 14.4. The van der Waals surface area contributed by atoms with E-state index in [0.717, 1.165) is 5.56 Å². The first-order valence-electron chi connectivity index (χ1n) is 8.40. The number of halogens is 1. The Morgan fingerprint density at radius 2 is 1.92 bits per heavy atom. The molecule has 1 aliphatic rings. The van der Waals surface area contributed by atoms with Crippen molar-refractivity contribution in [1.29, 1.82) is 0 Å². The van der Waals surface area contributed by atoms with Gasteiger partial charge in [0.25, 0.3) is 5.91 Å². The van der Waals surface area contributed by atoms with E-state index in [1.807, 2.05) is 24.8 Å². The fourth-order valence-corrected chi connectivity index (χ4v) is 3.08. The van der Waals surface area contributed by atoms with Gasteiger partial charge >= 0.3 is 0 Å². The fourth-order valence-electron chi connectivity index (χ4n) is 3.08. The molecule has 1 fully saturated rings. The SMILES string of the molecule is C[C@H]1CN(c2ccc(CNC(=O)c3ccncc3)cc2F)C[C@H](C)O1. The van der Waals surface area contributed by atoms with Gasteiger partial charge in [-0.15, -0.1) is 0 Å². The van der Waals surface area contributed by atoms with Crippen molar-refractivity contribution in [2.24, 2.45) is 0 Å². The molecule has 0 bridgehead atoms. The molecule has 0 aliphatic carbocycles. The molecule has 1 amide bonds. The van der Waals surface area contributed by atoms with Gasteiger partial charge in [-0.25, -0.2) is 4.39 Å². The maximum atomic E-state index is 14.5. The third-order valence-corrected chi connectivity index (χ3v) is 4.17. The summed E-state index contributed by atoms with van der Waals surface area (Å²) >= 11 is 0. The number of pyridine rings is 1. The van der Waals surface area contributed by atoms with Crippen molar-refractivity contribution >= 4 is 11.6 Å². The van der Waals surface area contributed by atoms with E-state index in [-0.39, 0.29) is 30.5 Å². The third kappa shape index (κ3) is 4.33. The van der Waals surface area contributed by atoms with Crippen LogP contribution < -0.4 is 10.2 Å². The molecule has 6 heteroatoms. The lowest BCUT2D eigenvalue weighted by molar-refractivity contribution is -0.00539. The smallest absolute Gasteiger partial charge is 0.251 e. The summed E-state index contributed by atoms with van der Waals surface area (Å²) in [5.74, 6) is -0.486. The van der Waals surface area contributed by atoms with E-state index in [9.17, 15) is 9.18 Å². The summed E-state index contributed by atoms with van der Waals surface area (Å²) < 4.78 is 20.2. The molecule has 2 heterocycles. The van der Waals surface area contributed by atoms with Gasteiger partial charge in [0, 0.05) is 37.6 Å². The highest BCUT2D eigenvalue weighted by molar-refractivity contribution is 5.93. The fraction of sp³-hybridized carbons (Fsp3) is 0.368. The molecule has 0 spiro atoms. The largest absolute Gasteiger partial charge is 0.372 e. The summed E-state index contributed by atoms with van der Waals surface area (Å²) in [5, 5.41) is 2.79. The summed E-state index contributed by atoms with van der Waals surface area (Å²) in [7, 11) is 0. The van der Waals surface area contributed by atoms with Crippen molar-refractivity contribution < 1.29 is 13.9 Å². The van der Waals surface area contributed by atoms with E-state index < -0.39 is 0 Å². The second-order valence-corrected chi connectivity index (χ2v) is 6.37. The number of carbonyl (C=O) groups excluding carboxylic acids is 1. The zero-order chi connectivity index (χ0) is 17.8. The van der Waals surface area contributed by atoms with Crippen molar-refractivity contribution in [3.05, 3.63) is 59.7 Å². The predicted octanol–water partition coefficient (Wildman–Crippen LogP) is 2.76. The van der Waals surface area contributed by atoms with Crippen LogP contribution in [0.3, 0.4) is 0 Å². The van der Waals surface area contributed by atoms with E-state index >= 15 is 0 Å². The molecule has 1 aromatic heterocycles. The first-order chi connectivity index (χ1) is 12.0. The molecular formula is C19H22FN3O2. The summed E-state index contributed by atoms with van der Waals surface area (Å²) in [5.41, 5.74) is 1.83. The molecular weight excluding hydrogens is 321 g/mol. The zero-order valence-corrected chi connectivity index (χ0v) is 14.4. The van der Waals surface area contributed by atoms with Crippen LogP contribution in [0.4, 0.5) is 10.1 Å². The van der Waals surface area contributed by atoms with Crippen LogP contribution >= 0.6 is 0 Å². The average Bonchev–Trinajstić information content (AvgIpc) is 2.59. The Bertz CT molecular complexity index is 729. The van der Waals surface area contributed by atoms with Gasteiger partial charge in [-0.3, -0.25) is 9.78 Å². The highest BCUT2D eigenvalue weighted by atomic mass is 19.1. The van der Waals surface area contributed by atoms with Gasteiger partial charge in [-0.2, -0.15) is 0 Å². The number of nitrogens with one attached hydrogen (secondary N) is 1. The minimum atomic E-state index is -0.281. The molecule has 1 aromatic carbocycles. The number of benzene rings is 1. The summed E-state index contributed by atoms with van der Waals surface area (Å²) in [6.45, 7) is 5.58. The van der Waals surface area contributed by atoms with Crippen LogP contribution in [-0.4, -0.2) is 36.2 Å². The lowest BCUT2D eigenvalue weighted by atomic mass is 10.1. The van der Waals surface area contributed by atoms with Crippen molar-refractivity contribution in [1.82, 2.24) is 10.3 Å². The lowest BCUT2D eigenvalue weighted by Gasteiger charge is -2.37. The first-order valence-corrected chi connectivity index (χ1v) is 8.40.